The van der Waals surface area contributed by atoms with Crippen molar-refractivity contribution in [2.45, 2.75) is 19.3 Å². The molecule has 0 aliphatic carbocycles. The smallest absolute Gasteiger partial charge is 0.252 e. The van der Waals surface area contributed by atoms with Crippen molar-refractivity contribution < 1.29 is 4.79 Å². The molecule has 2 rings (SSSR count). The van der Waals surface area contributed by atoms with Gasteiger partial charge in [0.15, 0.2) is 5.82 Å². The fourth-order valence-electron chi connectivity index (χ4n) is 1.91. The van der Waals surface area contributed by atoms with Crippen LogP contribution in [-0.2, 0) is 0 Å². The van der Waals surface area contributed by atoms with Crippen LogP contribution < -0.4 is 16.9 Å². The van der Waals surface area contributed by atoms with Gasteiger partial charge in [0.25, 0.3) is 5.91 Å². The van der Waals surface area contributed by atoms with Gasteiger partial charge in [-0.2, -0.15) is 0 Å². The highest BCUT2D eigenvalue weighted by Gasteiger charge is 2.15. The Kier molecular flexibility index (Phi) is 3.43. The standard InChI is InChI=1S/C11H17N5O/c12-8-6-9(10(13)17)11(14-7-8)15-16-4-2-1-3-5-16/h6-7H,1-5,12H2,(H2,13,17)(H,14,15). The SMILES string of the molecule is NC(=O)c1cc(N)cnc1NN1CCCCC1. The molecule has 1 fully saturated rings. The lowest BCUT2D eigenvalue weighted by molar-refractivity contribution is 0.100. The third-order valence-corrected chi connectivity index (χ3v) is 2.79. The average Bonchev–Trinajstić information content (AvgIpc) is 2.32. The molecule has 0 aromatic carbocycles. The van der Waals surface area contributed by atoms with E-state index in [9.17, 15) is 4.79 Å². The highest BCUT2D eigenvalue weighted by molar-refractivity contribution is 5.98. The quantitative estimate of drug-likeness (QED) is 0.711. The van der Waals surface area contributed by atoms with Gasteiger partial charge < -0.3 is 16.9 Å². The van der Waals surface area contributed by atoms with Crippen molar-refractivity contribution >= 4 is 17.4 Å². The summed E-state index contributed by atoms with van der Waals surface area (Å²) in [5.41, 5.74) is 14.8. The maximum atomic E-state index is 11.3. The molecule has 0 saturated carbocycles. The Morgan fingerprint density at radius 3 is 2.71 bits per heavy atom. The lowest BCUT2D eigenvalue weighted by atomic mass is 10.2. The van der Waals surface area contributed by atoms with Crippen molar-refractivity contribution in [2.24, 2.45) is 5.73 Å². The number of anilines is 2. The molecule has 1 aliphatic heterocycles. The molecule has 1 saturated heterocycles. The molecule has 0 radical (unpaired) electrons. The molecule has 1 aromatic heterocycles. The molecule has 1 aliphatic rings. The van der Waals surface area contributed by atoms with Crippen LogP contribution in [0.5, 0.6) is 0 Å². The average molecular weight is 235 g/mol. The lowest BCUT2D eigenvalue weighted by Gasteiger charge is -2.27. The maximum absolute atomic E-state index is 11.3. The topological polar surface area (TPSA) is 97.3 Å². The summed E-state index contributed by atoms with van der Waals surface area (Å²) in [5.74, 6) is -0.0436. The Labute approximate surface area is 100.0 Å². The van der Waals surface area contributed by atoms with E-state index in [1.54, 1.807) is 6.07 Å². The predicted octanol–water partition coefficient (Wildman–Crippen LogP) is 0.575. The number of piperidine rings is 1. The monoisotopic (exact) mass is 235 g/mol. The summed E-state index contributed by atoms with van der Waals surface area (Å²) in [6.07, 6.45) is 5.05. The number of carbonyl (C=O) groups excluding carboxylic acids is 1. The maximum Gasteiger partial charge on any atom is 0.252 e. The Hall–Kier alpha value is -1.82. The number of nitrogens with one attached hydrogen (secondary N) is 1. The highest BCUT2D eigenvalue weighted by atomic mass is 16.1. The zero-order valence-electron chi connectivity index (χ0n) is 9.65. The van der Waals surface area contributed by atoms with Crippen LogP contribution >= 0.6 is 0 Å². The largest absolute Gasteiger partial charge is 0.397 e. The lowest BCUT2D eigenvalue weighted by Crippen LogP contribution is -2.36. The number of hydrazine groups is 1. The second kappa shape index (κ2) is 5.01. The van der Waals surface area contributed by atoms with Crippen molar-refractivity contribution in [1.82, 2.24) is 9.99 Å². The Balaban J connectivity index is 2.16. The second-order valence-electron chi connectivity index (χ2n) is 4.19. The zero-order chi connectivity index (χ0) is 12.3. The molecule has 0 spiro atoms. The van der Waals surface area contributed by atoms with Gasteiger partial charge in [-0.05, 0) is 18.9 Å². The van der Waals surface area contributed by atoms with E-state index in [1.165, 1.54) is 12.6 Å². The van der Waals surface area contributed by atoms with Gasteiger partial charge in [-0.15, -0.1) is 0 Å². The molecular weight excluding hydrogens is 218 g/mol. The molecule has 6 nitrogen and oxygen atoms in total. The van der Waals surface area contributed by atoms with E-state index in [1.807, 2.05) is 0 Å². The zero-order valence-corrected chi connectivity index (χ0v) is 9.65. The van der Waals surface area contributed by atoms with E-state index in [0.29, 0.717) is 17.1 Å². The number of aromatic nitrogens is 1. The van der Waals surface area contributed by atoms with Gasteiger partial charge in [0.2, 0.25) is 0 Å². The first kappa shape index (κ1) is 11.7. The minimum atomic E-state index is -0.524. The summed E-state index contributed by atoms with van der Waals surface area (Å²) in [7, 11) is 0. The predicted molar refractivity (Wildman–Crippen MR) is 66.2 cm³/mol. The van der Waals surface area contributed by atoms with Crippen molar-refractivity contribution in [1.29, 1.82) is 0 Å². The van der Waals surface area contributed by atoms with Crippen LogP contribution in [0.3, 0.4) is 0 Å². The number of primary amides is 1. The Morgan fingerprint density at radius 2 is 2.06 bits per heavy atom. The van der Waals surface area contributed by atoms with Gasteiger partial charge in [-0.3, -0.25) is 4.79 Å². The Bertz CT molecular complexity index is 414. The Morgan fingerprint density at radius 1 is 1.35 bits per heavy atom. The van der Waals surface area contributed by atoms with Crippen molar-refractivity contribution in [2.75, 3.05) is 24.2 Å². The van der Waals surface area contributed by atoms with Gasteiger partial charge in [0.1, 0.15) is 0 Å². The number of nitrogens with two attached hydrogens (primary N) is 2. The number of rotatable bonds is 3. The first-order chi connectivity index (χ1) is 8.16. The summed E-state index contributed by atoms with van der Waals surface area (Å²) >= 11 is 0. The van der Waals surface area contributed by atoms with Gasteiger partial charge in [-0.1, -0.05) is 6.42 Å². The minimum absolute atomic E-state index is 0.329. The van der Waals surface area contributed by atoms with Gasteiger partial charge in [-0.25, -0.2) is 9.99 Å². The van der Waals surface area contributed by atoms with Crippen LogP contribution in [0.4, 0.5) is 11.5 Å². The summed E-state index contributed by atoms with van der Waals surface area (Å²) < 4.78 is 0. The molecule has 92 valence electrons. The van der Waals surface area contributed by atoms with Crippen LogP contribution in [0, 0.1) is 0 Å². The summed E-state index contributed by atoms with van der Waals surface area (Å²) in [4.78, 5) is 15.4. The number of hydrogen-bond acceptors (Lipinski definition) is 5. The molecule has 0 unspecified atom stereocenters. The first-order valence-corrected chi connectivity index (χ1v) is 5.74. The number of amides is 1. The number of nitrogen functional groups attached to an aromatic ring is 1. The molecule has 1 amide bonds. The third kappa shape index (κ3) is 2.85. The van der Waals surface area contributed by atoms with Crippen molar-refractivity contribution in [3.8, 4) is 0 Å². The number of hydrogen-bond donors (Lipinski definition) is 3. The third-order valence-electron chi connectivity index (χ3n) is 2.79. The number of nitrogens with zero attached hydrogens (tertiary/aromatic N) is 2. The number of carbonyl (C=O) groups is 1. The second-order valence-corrected chi connectivity index (χ2v) is 4.19. The van der Waals surface area contributed by atoms with E-state index in [0.717, 1.165) is 25.9 Å². The molecule has 2 heterocycles. The fraction of sp³-hybridized carbons (Fsp3) is 0.455. The molecule has 17 heavy (non-hydrogen) atoms. The van der Waals surface area contributed by atoms with Crippen LogP contribution in [-0.4, -0.2) is 29.0 Å². The van der Waals surface area contributed by atoms with E-state index in [-0.39, 0.29) is 0 Å². The van der Waals surface area contributed by atoms with Crippen LogP contribution in [0.2, 0.25) is 0 Å². The highest BCUT2D eigenvalue weighted by Crippen LogP contribution is 2.17. The summed E-state index contributed by atoms with van der Waals surface area (Å²) in [6, 6.07) is 1.54. The van der Waals surface area contributed by atoms with Gasteiger partial charge in [0.05, 0.1) is 17.4 Å². The van der Waals surface area contributed by atoms with Crippen molar-refractivity contribution in [3.05, 3.63) is 17.8 Å². The van der Waals surface area contributed by atoms with Crippen LogP contribution in [0.1, 0.15) is 29.6 Å². The minimum Gasteiger partial charge on any atom is -0.397 e. The normalized spacial score (nSPS) is 16.7. The molecule has 0 atom stereocenters. The van der Waals surface area contributed by atoms with E-state index in [2.05, 4.69) is 15.4 Å². The molecule has 0 bridgehead atoms. The molecule has 1 aromatic rings. The van der Waals surface area contributed by atoms with Gasteiger partial charge >= 0.3 is 0 Å². The summed E-state index contributed by atoms with van der Waals surface area (Å²) in [5, 5.41) is 2.05. The van der Waals surface area contributed by atoms with Crippen LogP contribution in [0.25, 0.3) is 0 Å². The molecule has 6 heteroatoms. The molecule has 5 N–H and O–H groups in total. The van der Waals surface area contributed by atoms with Crippen molar-refractivity contribution in [3.63, 3.8) is 0 Å². The van der Waals surface area contributed by atoms with E-state index < -0.39 is 5.91 Å². The van der Waals surface area contributed by atoms with Gasteiger partial charge in [0, 0.05) is 13.1 Å². The van der Waals surface area contributed by atoms with E-state index in [4.69, 9.17) is 11.5 Å². The number of pyridine rings is 1. The molecular formula is C11H17N5O. The fourth-order valence-corrected chi connectivity index (χ4v) is 1.91. The summed E-state index contributed by atoms with van der Waals surface area (Å²) in [6.45, 7) is 1.90. The van der Waals surface area contributed by atoms with Crippen LogP contribution in [0.15, 0.2) is 12.3 Å². The van der Waals surface area contributed by atoms with E-state index >= 15 is 0 Å². The first-order valence-electron chi connectivity index (χ1n) is 5.74.